The van der Waals surface area contributed by atoms with Gasteiger partial charge in [0.2, 0.25) is 0 Å². The Bertz CT molecular complexity index is 670. The average Bonchev–Trinajstić information content (AvgIpc) is 3.31. The number of carbonyl (C=O) groups excluding carboxylic acids is 1. The van der Waals surface area contributed by atoms with Crippen LogP contribution in [0, 0.1) is 0 Å². The van der Waals surface area contributed by atoms with Gasteiger partial charge in [-0.25, -0.2) is 4.79 Å². The molecule has 116 valence electrons. The molecular formula is C16H17ClN2O2S. The second-order valence-corrected chi connectivity index (χ2v) is 6.29. The van der Waals surface area contributed by atoms with Gasteiger partial charge >= 0.3 is 5.97 Å². The molecule has 1 aliphatic heterocycles. The quantitative estimate of drug-likeness (QED) is 0.678. The van der Waals surface area contributed by atoms with Gasteiger partial charge in [0, 0.05) is 16.8 Å². The smallest absolute Gasteiger partial charge is 0.337 e. The minimum absolute atomic E-state index is 0.358. The molecule has 1 heterocycles. The Morgan fingerprint density at radius 3 is 2.68 bits per heavy atom. The highest BCUT2D eigenvalue weighted by molar-refractivity contribution is 7.80. The monoisotopic (exact) mass is 336 g/mol. The molecule has 0 spiro atoms. The third-order valence-electron chi connectivity index (χ3n) is 4.06. The first kappa shape index (κ1) is 15.3. The molecule has 0 bridgehead atoms. The van der Waals surface area contributed by atoms with Crippen molar-refractivity contribution in [3.8, 4) is 0 Å². The molecule has 1 aliphatic carbocycles. The molecule has 22 heavy (non-hydrogen) atoms. The number of thiocarbonyl (C=S) groups is 1. The van der Waals surface area contributed by atoms with Crippen LogP contribution in [0.15, 0.2) is 35.5 Å². The predicted molar refractivity (Wildman–Crippen MR) is 89.5 cm³/mol. The third-order valence-corrected chi connectivity index (χ3v) is 4.72. The van der Waals surface area contributed by atoms with Crippen molar-refractivity contribution in [3.63, 3.8) is 0 Å². The summed E-state index contributed by atoms with van der Waals surface area (Å²) in [5.41, 5.74) is 2.24. The fourth-order valence-corrected chi connectivity index (χ4v) is 3.50. The number of nitrogens with zero attached hydrogens (tertiary/aromatic N) is 1. The Morgan fingerprint density at radius 1 is 1.41 bits per heavy atom. The number of nitrogens with one attached hydrogen (secondary N) is 1. The number of allylic oxidation sites excluding steroid dienone is 1. The molecule has 1 N–H and O–H groups in total. The van der Waals surface area contributed by atoms with E-state index in [4.69, 9.17) is 28.6 Å². The summed E-state index contributed by atoms with van der Waals surface area (Å²) in [6, 6.07) is 7.45. The second kappa shape index (κ2) is 5.89. The van der Waals surface area contributed by atoms with E-state index < -0.39 is 0 Å². The topological polar surface area (TPSA) is 41.6 Å². The number of rotatable bonds is 3. The van der Waals surface area contributed by atoms with E-state index in [1.807, 2.05) is 30.0 Å². The number of methoxy groups -OCH3 is 1. The zero-order valence-electron chi connectivity index (χ0n) is 12.4. The lowest BCUT2D eigenvalue weighted by Gasteiger charge is -2.37. The Labute approximate surface area is 140 Å². The van der Waals surface area contributed by atoms with E-state index in [1.54, 1.807) is 6.07 Å². The summed E-state index contributed by atoms with van der Waals surface area (Å²) in [6.07, 6.45) is 2.18. The Balaban J connectivity index is 2.11. The lowest BCUT2D eigenvalue weighted by atomic mass is 9.95. The van der Waals surface area contributed by atoms with Gasteiger partial charge in [0.25, 0.3) is 0 Å². The molecule has 1 aromatic carbocycles. The molecule has 0 saturated heterocycles. The summed E-state index contributed by atoms with van der Waals surface area (Å²) in [5, 5.41) is 4.49. The molecule has 0 aromatic heterocycles. The van der Waals surface area contributed by atoms with Crippen LogP contribution in [0.1, 0.15) is 31.4 Å². The fourth-order valence-electron chi connectivity index (χ4n) is 2.85. The van der Waals surface area contributed by atoms with Crippen molar-refractivity contribution in [3.05, 3.63) is 46.1 Å². The number of ether oxygens (including phenoxy) is 1. The number of halogens is 1. The van der Waals surface area contributed by atoms with Crippen LogP contribution in [0.5, 0.6) is 0 Å². The largest absolute Gasteiger partial charge is 0.466 e. The second-order valence-electron chi connectivity index (χ2n) is 5.50. The molecule has 1 fully saturated rings. The van der Waals surface area contributed by atoms with E-state index in [2.05, 4.69) is 5.32 Å². The van der Waals surface area contributed by atoms with Gasteiger partial charge < -0.3 is 15.0 Å². The van der Waals surface area contributed by atoms with Crippen molar-refractivity contribution >= 4 is 34.9 Å². The van der Waals surface area contributed by atoms with E-state index in [0.29, 0.717) is 21.8 Å². The molecule has 1 aromatic rings. The van der Waals surface area contributed by atoms with E-state index in [9.17, 15) is 4.79 Å². The summed E-state index contributed by atoms with van der Waals surface area (Å²) in [4.78, 5) is 14.4. The van der Waals surface area contributed by atoms with Crippen LogP contribution in [0.25, 0.3) is 0 Å². The molecule has 6 heteroatoms. The first-order valence-corrected chi connectivity index (χ1v) is 7.96. The minimum Gasteiger partial charge on any atom is -0.466 e. The van der Waals surface area contributed by atoms with Gasteiger partial charge in [0.05, 0.1) is 18.7 Å². The van der Waals surface area contributed by atoms with Crippen LogP contribution in [-0.4, -0.2) is 29.1 Å². The Hall–Kier alpha value is -1.59. The van der Waals surface area contributed by atoms with E-state index in [1.165, 1.54) is 7.11 Å². The Kier molecular flexibility index (Phi) is 4.10. The first-order chi connectivity index (χ1) is 10.5. The predicted octanol–water partition coefficient (Wildman–Crippen LogP) is 3.18. The number of esters is 1. The van der Waals surface area contributed by atoms with Crippen molar-refractivity contribution in [1.29, 1.82) is 0 Å². The maximum atomic E-state index is 12.3. The number of hydrogen-bond donors (Lipinski definition) is 1. The molecule has 2 aliphatic rings. The molecule has 1 atom stereocenters. The number of carbonyl (C=O) groups is 1. The molecule has 4 nitrogen and oxygen atoms in total. The van der Waals surface area contributed by atoms with Crippen molar-refractivity contribution in [1.82, 2.24) is 10.2 Å². The molecule has 3 rings (SSSR count). The van der Waals surface area contributed by atoms with Gasteiger partial charge in [0.1, 0.15) is 0 Å². The Morgan fingerprint density at radius 2 is 2.09 bits per heavy atom. The van der Waals surface area contributed by atoms with Crippen LogP contribution in [0.3, 0.4) is 0 Å². The summed E-state index contributed by atoms with van der Waals surface area (Å²) < 4.78 is 4.99. The number of hydrogen-bond acceptors (Lipinski definition) is 3. The van der Waals surface area contributed by atoms with E-state index in [0.717, 1.165) is 24.1 Å². The fraction of sp³-hybridized carbons (Fsp3) is 0.375. The van der Waals surface area contributed by atoms with Crippen LogP contribution in [0.4, 0.5) is 0 Å². The molecule has 0 unspecified atom stereocenters. The summed E-state index contributed by atoms with van der Waals surface area (Å²) in [7, 11) is 1.39. The highest BCUT2D eigenvalue weighted by atomic mass is 35.5. The maximum absolute atomic E-state index is 12.3. The maximum Gasteiger partial charge on any atom is 0.337 e. The molecule has 0 amide bonds. The van der Waals surface area contributed by atoms with Crippen molar-refractivity contribution in [2.45, 2.75) is 31.8 Å². The van der Waals surface area contributed by atoms with Crippen molar-refractivity contribution < 1.29 is 9.53 Å². The van der Waals surface area contributed by atoms with Gasteiger partial charge in [-0.2, -0.15) is 0 Å². The van der Waals surface area contributed by atoms with Gasteiger partial charge in [-0.3, -0.25) is 0 Å². The van der Waals surface area contributed by atoms with Gasteiger partial charge in [0.15, 0.2) is 5.11 Å². The lowest BCUT2D eigenvalue weighted by Crippen LogP contribution is -2.48. The molecular weight excluding hydrogens is 320 g/mol. The summed E-state index contributed by atoms with van der Waals surface area (Å²) in [6.45, 7) is 1.92. The van der Waals surface area contributed by atoms with Crippen LogP contribution < -0.4 is 5.32 Å². The normalized spacial score (nSPS) is 21.7. The van der Waals surface area contributed by atoms with E-state index >= 15 is 0 Å². The highest BCUT2D eigenvalue weighted by Gasteiger charge is 2.41. The summed E-state index contributed by atoms with van der Waals surface area (Å²) >= 11 is 11.8. The van der Waals surface area contributed by atoms with Crippen LogP contribution >= 0.6 is 23.8 Å². The SMILES string of the molecule is COC(=O)C1=C(C)N(C2CC2)C(=S)N[C@@H]1c1ccccc1Cl. The molecule has 0 radical (unpaired) electrons. The van der Waals surface area contributed by atoms with E-state index in [-0.39, 0.29) is 12.0 Å². The number of benzene rings is 1. The van der Waals surface area contributed by atoms with Gasteiger partial charge in [-0.15, -0.1) is 0 Å². The first-order valence-electron chi connectivity index (χ1n) is 7.17. The molecule has 1 saturated carbocycles. The lowest BCUT2D eigenvalue weighted by molar-refractivity contribution is -0.136. The average molecular weight is 337 g/mol. The standard InChI is InChI=1S/C16H17ClN2O2S/c1-9-13(15(20)21-2)14(11-5-3-4-6-12(11)17)18-16(22)19(9)10-7-8-10/h3-6,10,14H,7-8H2,1-2H3,(H,18,22)/t14-/m1/s1. The summed E-state index contributed by atoms with van der Waals surface area (Å²) in [5.74, 6) is -0.358. The zero-order valence-corrected chi connectivity index (χ0v) is 14.0. The third kappa shape index (κ3) is 2.59. The van der Waals surface area contributed by atoms with Crippen molar-refractivity contribution in [2.24, 2.45) is 0 Å². The van der Waals surface area contributed by atoms with Crippen LogP contribution in [-0.2, 0) is 9.53 Å². The van der Waals surface area contributed by atoms with Gasteiger partial charge in [-0.1, -0.05) is 29.8 Å². The minimum atomic E-state index is -0.386. The van der Waals surface area contributed by atoms with Crippen molar-refractivity contribution in [2.75, 3.05) is 7.11 Å². The zero-order chi connectivity index (χ0) is 15.9. The van der Waals surface area contributed by atoms with Crippen LogP contribution in [0.2, 0.25) is 5.02 Å². The van der Waals surface area contributed by atoms with Gasteiger partial charge in [-0.05, 0) is 43.6 Å². The highest BCUT2D eigenvalue weighted by Crippen LogP contribution is 2.39.